The average Bonchev–Trinajstić information content (AvgIpc) is 2.48. The third kappa shape index (κ3) is 4.71. The topological polar surface area (TPSA) is 58.2 Å². The monoisotopic (exact) mass is 310 g/mol. The van der Waals surface area contributed by atoms with E-state index in [0.29, 0.717) is 4.90 Å². The van der Waals surface area contributed by atoms with Crippen LogP contribution in [0.3, 0.4) is 0 Å². The van der Waals surface area contributed by atoms with Crippen LogP contribution < -0.4 is 10.0 Å². The molecule has 1 aliphatic carbocycles. The van der Waals surface area contributed by atoms with Gasteiger partial charge < -0.3 is 5.32 Å². The molecule has 2 atom stereocenters. The zero-order chi connectivity index (χ0) is 15.3. The molecule has 0 saturated heterocycles. The molecule has 0 aromatic heterocycles. The van der Waals surface area contributed by atoms with Crippen molar-refractivity contribution in [3.05, 3.63) is 24.3 Å². The number of hydrogen-bond donors (Lipinski definition) is 2. The first-order valence-corrected chi connectivity index (χ1v) is 9.27. The molecule has 1 aliphatic rings. The number of anilines is 1. The molecule has 118 valence electrons. The summed E-state index contributed by atoms with van der Waals surface area (Å²) in [4.78, 5) is 0.302. The first-order chi connectivity index (χ1) is 10.0. The van der Waals surface area contributed by atoms with Crippen LogP contribution in [0.25, 0.3) is 0 Å². The smallest absolute Gasteiger partial charge is 0.240 e. The SMILES string of the molecule is CNS(=O)(=O)c1ccc(NCCC2CCCC(C)C2)cc1. The maximum absolute atomic E-state index is 11.6. The summed E-state index contributed by atoms with van der Waals surface area (Å²) in [5, 5.41) is 3.39. The first-order valence-electron chi connectivity index (χ1n) is 7.79. The zero-order valence-corrected chi connectivity index (χ0v) is 13.7. The van der Waals surface area contributed by atoms with Gasteiger partial charge in [0.05, 0.1) is 4.90 Å². The van der Waals surface area contributed by atoms with Crippen molar-refractivity contribution in [1.82, 2.24) is 4.72 Å². The molecule has 5 heteroatoms. The van der Waals surface area contributed by atoms with Crippen molar-refractivity contribution in [1.29, 1.82) is 0 Å². The molecular weight excluding hydrogens is 284 g/mol. The van der Waals surface area contributed by atoms with Gasteiger partial charge in [-0.25, -0.2) is 13.1 Å². The Labute approximate surface area is 128 Å². The Morgan fingerprint density at radius 1 is 1.19 bits per heavy atom. The van der Waals surface area contributed by atoms with Crippen LogP contribution in [0.1, 0.15) is 39.0 Å². The molecule has 0 radical (unpaired) electrons. The van der Waals surface area contributed by atoms with Crippen LogP contribution in [0.4, 0.5) is 5.69 Å². The van der Waals surface area contributed by atoms with E-state index in [4.69, 9.17) is 0 Å². The minimum Gasteiger partial charge on any atom is -0.385 e. The molecule has 2 N–H and O–H groups in total. The molecule has 1 fully saturated rings. The molecule has 21 heavy (non-hydrogen) atoms. The lowest BCUT2D eigenvalue weighted by Gasteiger charge is -2.26. The lowest BCUT2D eigenvalue weighted by atomic mass is 9.81. The van der Waals surface area contributed by atoms with Crippen LogP contribution in [0, 0.1) is 11.8 Å². The van der Waals surface area contributed by atoms with E-state index in [1.54, 1.807) is 12.1 Å². The van der Waals surface area contributed by atoms with Crippen molar-refractivity contribution >= 4 is 15.7 Å². The molecule has 0 aliphatic heterocycles. The third-order valence-electron chi connectivity index (χ3n) is 4.36. The van der Waals surface area contributed by atoms with Crippen molar-refractivity contribution in [2.24, 2.45) is 11.8 Å². The number of nitrogens with one attached hydrogen (secondary N) is 2. The van der Waals surface area contributed by atoms with Gasteiger partial charge in [0.1, 0.15) is 0 Å². The Balaban J connectivity index is 1.81. The van der Waals surface area contributed by atoms with Crippen LogP contribution in [-0.4, -0.2) is 22.0 Å². The van der Waals surface area contributed by atoms with Gasteiger partial charge in [0, 0.05) is 12.2 Å². The van der Waals surface area contributed by atoms with E-state index in [1.165, 1.54) is 39.2 Å². The molecule has 2 rings (SSSR count). The second-order valence-corrected chi connectivity index (χ2v) is 7.97. The van der Waals surface area contributed by atoms with Gasteiger partial charge >= 0.3 is 0 Å². The Morgan fingerprint density at radius 2 is 1.90 bits per heavy atom. The number of benzene rings is 1. The van der Waals surface area contributed by atoms with Crippen LogP contribution in [-0.2, 0) is 10.0 Å². The summed E-state index contributed by atoms with van der Waals surface area (Å²) in [6.07, 6.45) is 6.64. The second kappa shape index (κ2) is 7.27. The molecule has 4 nitrogen and oxygen atoms in total. The van der Waals surface area contributed by atoms with Crippen molar-refractivity contribution in [2.45, 2.75) is 43.9 Å². The van der Waals surface area contributed by atoms with Gasteiger partial charge in [-0.2, -0.15) is 0 Å². The van der Waals surface area contributed by atoms with Gasteiger partial charge in [0.2, 0.25) is 10.0 Å². The van der Waals surface area contributed by atoms with Crippen molar-refractivity contribution in [3.63, 3.8) is 0 Å². The minimum atomic E-state index is -3.34. The molecular formula is C16H26N2O2S. The Hall–Kier alpha value is -1.07. The number of rotatable bonds is 6. The van der Waals surface area contributed by atoms with E-state index in [2.05, 4.69) is 17.0 Å². The highest BCUT2D eigenvalue weighted by Crippen LogP contribution is 2.30. The van der Waals surface area contributed by atoms with E-state index in [-0.39, 0.29) is 0 Å². The first kappa shape index (κ1) is 16.3. The van der Waals surface area contributed by atoms with Crippen LogP contribution in [0.5, 0.6) is 0 Å². The van der Waals surface area contributed by atoms with E-state index in [0.717, 1.165) is 24.1 Å². The standard InChI is InChI=1S/C16H26N2O2S/c1-13-4-3-5-14(12-13)10-11-18-15-6-8-16(9-7-15)21(19,20)17-2/h6-9,13-14,17-18H,3-5,10-12H2,1-2H3. The van der Waals surface area contributed by atoms with E-state index < -0.39 is 10.0 Å². The van der Waals surface area contributed by atoms with Crippen LogP contribution >= 0.6 is 0 Å². The van der Waals surface area contributed by atoms with E-state index >= 15 is 0 Å². The van der Waals surface area contributed by atoms with Crippen molar-refractivity contribution < 1.29 is 8.42 Å². The summed E-state index contributed by atoms with van der Waals surface area (Å²) < 4.78 is 25.6. The lowest BCUT2D eigenvalue weighted by molar-refractivity contribution is 0.274. The maximum atomic E-state index is 11.6. The predicted octanol–water partition coefficient (Wildman–Crippen LogP) is 3.22. The van der Waals surface area contributed by atoms with E-state index in [1.807, 2.05) is 12.1 Å². The summed E-state index contributed by atoms with van der Waals surface area (Å²) >= 11 is 0. The highest BCUT2D eigenvalue weighted by molar-refractivity contribution is 7.89. The Bertz CT molecular complexity index is 540. The van der Waals surface area contributed by atoms with Crippen LogP contribution in [0.2, 0.25) is 0 Å². The van der Waals surface area contributed by atoms with Gasteiger partial charge in [-0.1, -0.05) is 26.2 Å². The molecule has 1 saturated carbocycles. The maximum Gasteiger partial charge on any atom is 0.240 e. The highest BCUT2D eigenvalue weighted by atomic mass is 32.2. The molecule has 1 aromatic carbocycles. The molecule has 0 bridgehead atoms. The fourth-order valence-electron chi connectivity index (χ4n) is 3.11. The summed E-state index contributed by atoms with van der Waals surface area (Å²) in [5.41, 5.74) is 0.980. The number of hydrogen-bond acceptors (Lipinski definition) is 3. The Kier molecular flexibility index (Phi) is 5.65. The minimum absolute atomic E-state index is 0.302. The van der Waals surface area contributed by atoms with Gasteiger partial charge in [0.25, 0.3) is 0 Å². The Morgan fingerprint density at radius 3 is 2.52 bits per heavy atom. The number of sulfonamides is 1. The summed E-state index contributed by atoms with van der Waals surface area (Å²) in [6, 6.07) is 6.93. The van der Waals surface area contributed by atoms with Gasteiger partial charge in [-0.05, 0) is 56.0 Å². The molecule has 0 amide bonds. The molecule has 1 aromatic rings. The van der Waals surface area contributed by atoms with Gasteiger partial charge in [0.15, 0.2) is 0 Å². The summed E-state index contributed by atoms with van der Waals surface area (Å²) in [6.45, 7) is 3.30. The highest BCUT2D eigenvalue weighted by Gasteiger charge is 2.18. The predicted molar refractivity (Wildman–Crippen MR) is 86.9 cm³/mol. The average molecular weight is 310 g/mol. The van der Waals surface area contributed by atoms with Crippen molar-refractivity contribution in [3.8, 4) is 0 Å². The van der Waals surface area contributed by atoms with Gasteiger partial charge in [-0.15, -0.1) is 0 Å². The van der Waals surface area contributed by atoms with E-state index in [9.17, 15) is 8.42 Å². The third-order valence-corrected chi connectivity index (χ3v) is 5.79. The van der Waals surface area contributed by atoms with Crippen molar-refractivity contribution in [2.75, 3.05) is 18.9 Å². The summed E-state index contributed by atoms with van der Waals surface area (Å²) in [5.74, 6) is 1.71. The lowest BCUT2D eigenvalue weighted by Crippen LogP contribution is -2.18. The second-order valence-electron chi connectivity index (χ2n) is 6.09. The fraction of sp³-hybridized carbons (Fsp3) is 0.625. The summed E-state index contributed by atoms with van der Waals surface area (Å²) in [7, 11) is -1.91. The quantitative estimate of drug-likeness (QED) is 0.848. The molecule has 0 heterocycles. The largest absolute Gasteiger partial charge is 0.385 e. The zero-order valence-electron chi connectivity index (χ0n) is 12.9. The fourth-order valence-corrected chi connectivity index (χ4v) is 3.84. The molecule has 0 spiro atoms. The van der Waals surface area contributed by atoms with Crippen LogP contribution in [0.15, 0.2) is 29.2 Å². The van der Waals surface area contributed by atoms with Gasteiger partial charge in [-0.3, -0.25) is 0 Å². The molecule has 2 unspecified atom stereocenters. The normalized spacial score (nSPS) is 23.0.